The molecular formula is C17H20N4O4. The van der Waals surface area contributed by atoms with Crippen molar-refractivity contribution in [3.05, 3.63) is 57.9 Å². The maximum atomic E-state index is 12.0. The van der Waals surface area contributed by atoms with Crippen LogP contribution in [-0.4, -0.2) is 29.1 Å². The first-order valence-corrected chi connectivity index (χ1v) is 7.87. The van der Waals surface area contributed by atoms with Crippen LogP contribution in [-0.2, 0) is 6.42 Å². The lowest BCUT2D eigenvalue weighted by molar-refractivity contribution is -0.385. The Labute approximate surface area is 145 Å². The van der Waals surface area contributed by atoms with Crippen molar-refractivity contribution < 1.29 is 14.5 Å². The molecule has 0 bridgehead atoms. The molecule has 0 aliphatic rings. The molecule has 25 heavy (non-hydrogen) atoms. The molecule has 0 unspecified atom stereocenters. The number of amides is 2. The highest BCUT2D eigenvalue weighted by molar-refractivity contribution is 5.89. The molecule has 1 aromatic carbocycles. The number of rotatable bonds is 7. The second-order valence-electron chi connectivity index (χ2n) is 5.31. The van der Waals surface area contributed by atoms with E-state index in [1.165, 1.54) is 18.2 Å². The number of urea groups is 1. The first-order chi connectivity index (χ1) is 12.0. The summed E-state index contributed by atoms with van der Waals surface area (Å²) >= 11 is 0. The number of nitrogens with zero attached hydrogens (tertiary/aromatic N) is 2. The first-order valence-electron chi connectivity index (χ1n) is 7.87. The van der Waals surface area contributed by atoms with Gasteiger partial charge in [0.2, 0.25) is 0 Å². The van der Waals surface area contributed by atoms with Gasteiger partial charge in [-0.1, -0.05) is 0 Å². The molecule has 2 N–H and O–H groups in total. The number of anilines is 1. The van der Waals surface area contributed by atoms with E-state index in [1.54, 1.807) is 19.3 Å². The third-order valence-electron chi connectivity index (χ3n) is 3.53. The third-order valence-corrected chi connectivity index (χ3v) is 3.53. The molecule has 132 valence electrons. The number of aromatic nitrogens is 1. The van der Waals surface area contributed by atoms with Crippen LogP contribution in [0, 0.1) is 17.0 Å². The molecule has 2 amide bonds. The summed E-state index contributed by atoms with van der Waals surface area (Å²) in [5, 5.41) is 16.3. The maximum Gasteiger partial charge on any atom is 0.319 e. The van der Waals surface area contributed by atoms with E-state index in [0.717, 1.165) is 11.1 Å². The van der Waals surface area contributed by atoms with Gasteiger partial charge in [0.05, 0.1) is 11.5 Å². The number of nitrogens with one attached hydrogen (secondary N) is 2. The third kappa shape index (κ3) is 5.17. The fourth-order valence-electron chi connectivity index (χ4n) is 2.28. The summed E-state index contributed by atoms with van der Waals surface area (Å²) < 4.78 is 5.25. The molecule has 0 aliphatic heterocycles. The second-order valence-corrected chi connectivity index (χ2v) is 5.31. The first kappa shape index (κ1) is 18.2. The van der Waals surface area contributed by atoms with Crippen LogP contribution in [0.25, 0.3) is 0 Å². The summed E-state index contributed by atoms with van der Waals surface area (Å²) in [6, 6.07) is 5.74. The lowest BCUT2D eigenvalue weighted by atomic mass is 10.1. The minimum atomic E-state index is -0.522. The molecule has 0 aliphatic carbocycles. The van der Waals surface area contributed by atoms with E-state index < -0.39 is 4.92 Å². The van der Waals surface area contributed by atoms with Gasteiger partial charge in [0.25, 0.3) is 0 Å². The van der Waals surface area contributed by atoms with E-state index in [-0.39, 0.29) is 17.5 Å². The molecule has 0 radical (unpaired) electrons. The van der Waals surface area contributed by atoms with Crippen LogP contribution in [0.15, 0.2) is 36.7 Å². The van der Waals surface area contributed by atoms with Gasteiger partial charge in [-0.2, -0.15) is 0 Å². The van der Waals surface area contributed by atoms with Crippen molar-refractivity contribution in [1.82, 2.24) is 10.3 Å². The van der Waals surface area contributed by atoms with Gasteiger partial charge in [-0.15, -0.1) is 0 Å². The molecule has 0 saturated heterocycles. The molecule has 2 aromatic rings. The summed E-state index contributed by atoms with van der Waals surface area (Å²) in [6.45, 7) is 4.45. The molecule has 0 atom stereocenters. The molecule has 1 heterocycles. The summed E-state index contributed by atoms with van der Waals surface area (Å²) in [5.41, 5.74) is 2.47. The van der Waals surface area contributed by atoms with Crippen molar-refractivity contribution >= 4 is 17.4 Å². The molecule has 2 rings (SSSR count). The highest BCUT2D eigenvalue weighted by Crippen LogP contribution is 2.30. The van der Waals surface area contributed by atoms with Crippen molar-refractivity contribution in [3.63, 3.8) is 0 Å². The summed E-state index contributed by atoms with van der Waals surface area (Å²) in [4.78, 5) is 26.4. The SMILES string of the molecule is CCOc1cc(NC(=O)NCCc2ccncc2C)ccc1[N+](=O)[O-]. The van der Waals surface area contributed by atoms with Gasteiger partial charge >= 0.3 is 11.7 Å². The van der Waals surface area contributed by atoms with Gasteiger partial charge in [-0.25, -0.2) is 4.79 Å². The molecule has 8 nitrogen and oxygen atoms in total. The Hall–Kier alpha value is -3.16. The number of carbonyl (C=O) groups excluding carboxylic acids is 1. The fourth-order valence-corrected chi connectivity index (χ4v) is 2.28. The fraction of sp³-hybridized carbons (Fsp3) is 0.294. The van der Waals surface area contributed by atoms with Crippen LogP contribution in [0.2, 0.25) is 0 Å². The number of hydrogen-bond acceptors (Lipinski definition) is 5. The van der Waals surface area contributed by atoms with Crippen molar-refractivity contribution in [2.75, 3.05) is 18.5 Å². The second kappa shape index (κ2) is 8.62. The topological polar surface area (TPSA) is 106 Å². The number of hydrogen-bond donors (Lipinski definition) is 2. The predicted molar refractivity (Wildman–Crippen MR) is 94.0 cm³/mol. The zero-order valence-electron chi connectivity index (χ0n) is 14.1. The van der Waals surface area contributed by atoms with Crippen LogP contribution in [0.4, 0.5) is 16.2 Å². The smallest absolute Gasteiger partial charge is 0.319 e. The number of aryl methyl sites for hydroxylation is 1. The van der Waals surface area contributed by atoms with Gasteiger partial charge in [0.15, 0.2) is 5.75 Å². The van der Waals surface area contributed by atoms with Gasteiger partial charge in [-0.3, -0.25) is 15.1 Å². The zero-order chi connectivity index (χ0) is 18.2. The average Bonchev–Trinajstić information content (AvgIpc) is 2.57. The van der Waals surface area contributed by atoms with Crippen molar-refractivity contribution in [1.29, 1.82) is 0 Å². The van der Waals surface area contributed by atoms with Crippen LogP contribution in [0.1, 0.15) is 18.1 Å². The number of pyridine rings is 1. The molecule has 0 saturated carbocycles. The summed E-state index contributed by atoms with van der Waals surface area (Å²) in [6.07, 6.45) is 4.18. The van der Waals surface area contributed by atoms with Gasteiger partial charge in [-0.05, 0) is 43.5 Å². The normalized spacial score (nSPS) is 10.2. The minimum absolute atomic E-state index is 0.123. The molecule has 0 spiro atoms. The standard InChI is InChI=1S/C17H20N4O4/c1-3-25-16-10-14(4-5-15(16)21(23)24)20-17(22)19-9-7-13-6-8-18-11-12(13)2/h4-6,8,10-11H,3,7,9H2,1-2H3,(H2,19,20,22). The van der Waals surface area contributed by atoms with E-state index in [0.29, 0.717) is 25.3 Å². The zero-order valence-corrected chi connectivity index (χ0v) is 14.1. The lowest BCUT2D eigenvalue weighted by Gasteiger charge is -2.10. The number of carbonyl (C=O) groups is 1. The Kier molecular flexibility index (Phi) is 6.27. The Morgan fingerprint density at radius 3 is 2.84 bits per heavy atom. The Bertz CT molecular complexity index is 764. The van der Waals surface area contributed by atoms with Crippen LogP contribution in [0.3, 0.4) is 0 Å². The molecule has 8 heteroatoms. The van der Waals surface area contributed by atoms with Crippen LogP contribution >= 0.6 is 0 Å². The van der Waals surface area contributed by atoms with E-state index in [9.17, 15) is 14.9 Å². The number of nitro groups is 1. The minimum Gasteiger partial charge on any atom is -0.487 e. The van der Waals surface area contributed by atoms with E-state index >= 15 is 0 Å². The van der Waals surface area contributed by atoms with E-state index in [2.05, 4.69) is 15.6 Å². The Morgan fingerprint density at radius 1 is 1.36 bits per heavy atom. The predicted octanol–water partition coefficient (Wildman–Crippen LogP) is 3.06. The number of ether oxygens (including phenoxy) is 1. The highest BCUT2D eigenvalue weighted by atomic mass is 16.6. The molecule has 1 aromatic heterocycles. The van der Waals surface area contributed by atoms with Gasteiger partial charge in [0.1, 0.15) is 0 Å². The number of nitro benzene ring substituents is 1. The Morgan fingerprint density at radius 2 is 2.16 bits per heavy atom. The largest absolute Gasteiger partial charge is 0.487 e. The van der Waals surface area contributed by atoms with E-state index in [4.69, 9.17) is 4.74 Å². The van der Waals surface area contributed by atoms with E-state index in [1.807, 2.05) is 13.0 Å². The van der Waals surface area contributed by atoms with Crippen molar-refractivity contribution in [3.8, 4) is 5.75 Å². The lowest BCUT2D eigenvalue weighted by Crippen LogP contribution is -2.30. The van der Waals surface area contributed by atoms with Crippen LogP contribution in [0.5, 0.6) is 5.75 Å². The van der Waals surface area contributed by atoms with Crippen LogP contribution < -0.4 is 15.4 Å². The summed E-state index contributed by atoms with van der Waals surface area (Å²) in [7, 11) is 0. The Balaban J connectivity index is 1.92. The highest BCUT2D eigenvalue weighted by Gasteiger charge is 2.16. The average molecular weight is 344 g/mol. The van der Waals surface area contributed by atoms with Crippen molar-refractivity contribution in [2.24, 2.45) is 0 Å². The summed E-state index contributed by atoms with van der Waals surface area (Å²) in [5.74, 6) is 0.123. The number of benzene rings is 1. The van der Waals surface area contributed by atoms with Gasteiger partial charge in [0, 0.05) is 36.8 Å². The molecule has 0 fully saturated rings. The molecular weight excluding hydrogens is 324 g/mol. The van der Waals surface area contributed by atoms with Gasteiger partial charge < -0.3 is 15.4 Å². The monoisotopic (exact) mass is 344 g/mol. The van der Waals surface area contributed by atoms with Crippen molar-refractivity contribution in [2.45, 2.75) is 20.3 Å². The maximum absolute atomic E-state index is 12.0. The quantitative estimate of drug-likeness (QED) is 0.593.